The van der Waals surface area contributed by atoms with Crippen LogP contribution in [0.25, 0.3) is 11.3 Å². The minimum Gasteiger partial charge on any atom is -0.494 e. The van der Waals surface area contributed by atoms with Gasteiger partial charge in [0.1, 0.15) is 5.75 Å². The third kappa shape index (κ3) is 3.72. The minimum absolute atomic E-state index is 0.0198. The molecule has 0 atom stereocenters. The first kappa shape index (κ1) is 15.3. The van der Waals surface area contributed by atoms with Gasteiger partial charge >= 0.3 is 5.97 Å². The lowest BCUT2D eigenvalue weighted by Crippen LogP contribution is -2.07. The first-order chi connectivity index (χ1) is 10.0. The minimum atomic E-state index is -0.851. The average molecular weight is 306 g/mol. The van der Waals surface area contributed by atoms with Crippen LogP contribution < -0.4 is 9.64 Å². The van der Waals surface area contributed by atoms with E-state index in [2.05, 4.69) is 4.98 Å². The van der Waals surface area contributed by atoms with Crippen molar-refractivity contribution in [3.63, 3.8) is 0 Å². The standard InChI is InChI=1S/C15H18N2O3S/c1-4-20-11-7-5-10(6-8-11)14-12(9-13(18)19)21-15(16-14)17(2)3/h5-8H,4,9H2,1-3H3,(H,18,19). The van der Waals surface area contributed by atoms with Crippen LogP contribution in [-0.4, -0.2) is 36.8 Å². The van der Waals surface area contributed by atoms with Gasteiger partial charge in [-0.3, -0.25) is 4.79 Å². The number of carboxylic acid groups (broad SMARTS) is 1. The van der Waals surface area contributed by atoms with Crippen LogP contribution in [0.5, 0.6) is 5.75 Å². The monoisotopic (exact) mass is 306 g/mol. The van der Waals surface area contributed by atoms with Crippen molar-refractivity contribution in [2.75, 3.05) is 25.6 Å². The zero-order chi connectivity index (χ0) is 15.4. The van der Waals surface area contributed by atoms with Crippen LogP contribution in [0, 0.1) is 0 Å². The summed E-state index contributed by atoms with van der Waals surface area (Å²) in [6.07, 6.45) is -0.0198. The van der Waals surface area contributed by atoms with Crippen molar-refractivity contribution in [1.82, 2.24) is 4.98 Å². The number of anilines is 1. The van der Waals surface area contributed by atoms with Crippen LogP contribution in [0.3, 0.4) is 0 Å². The third-order valence-electron chi connectivity index (χ3n) is 2.82. The molecule has 1 aromatic carbocycles. The normalized spacial score (nSPS) is 10.4. The molecule has 0 aliphatic carbocycles. The summed E-state index contributed by atoms with van der Waals surface area (Å²) in [5.41, 5.74) is 1.63. The number of thiazole rings is 1. The molecule has 0 amide bonds. The maximum absolute atomic E-state index is 11.0. The lowest BCUT2D eigenvalue weighted by atomic mass is 10.1. The molecule has 21 heavy (non-hydrogen) atoms. The van der Waals surface area contributed by atoms with Crippen molar-refractivity contribution in [3.8, 4) is 17.0 Å². The highest BCUT2D eigenvalue weighted by atomic mass is 32.1. The molecule has 0 saturated carbocycles. The van der Waals surface area contributed by atoms with Gasteiger partial charge in [-0.2, -0.15) is 0 Å². The van der Waals surface area contributed by atoms with Crippen molar-refractivity contribution in [3.05, 3.63) is 29.1 Å². The Labute approximate surface area is 127 Å². The summed E-state index contributed by atoms with van der Waals surface area (Å²) in [6, 6.07) is 7.56. The van der Waals surface area contributed by atoms with E-state index < -0.39 is 5.97 Å². The molecule has 0 aliphatic heterocycles. The van der Waals surface area contributed by atoms with Gasteiger partial charge in [-0.1, -0.05) is 0 Å². The van der Waals surface area contributed by atoms with Crippen LogP contribution in [0.1, 0.15) is 11.8 Å². The molecule has 2 rings (SSSR count). The SMILES string of the molecule is CCOc1ccc(-c2nc(N(C)C)sc2CC(=O)O)cc1. The van der Waals surface area contributed by atoms with E-state index in [0.717, 1.165) is 27.0 Å². The fourth-order valence-corrected chi connectivity index (χ4v) is 2.88. The predicted octanol–water partition coefficient (Wildman–Crippen LogP) is 2.90. The second-order valence-electron chi connectivity index (χ2n) is 4.69. The molecule has 1 heterocycles. The van der Waals surface area contributed by atoms with Crippen LogP contribution >= 0.6 is 11.3 Å². The molecule has 0 saturated heterocycles. The van der Waals surface area contributed by atoms with Crippen molar-refractivity contribution in [2.24, 2.45) is 0 Å². The van der Waals surface area contributed by atoms with E-state index in [0.29, 0.717) is 6.61 Å². The van der Waals surface area contributed by atoms with Gasteiger partial charge in [-0.25, -0.2) is 4.98 Å². The first-order valence-corrected chi connectivity index (χ1v) is 7.45. The van der Waals surface area contributed by atoms with Gasteiger partial charge in [-0.05, 0) is 31.2 Å². The summed E-state index contributed by atoms with van der Waals surface area (Å²) in [5.74, 6) is -0.0553. The van der Waals surface area contributed by atoms with Crippen LogP contribution in [-0.2, 0) is 11.2 Å². The Bertz CT molecular complexity index is 620. The molecule has 112 valence electrons. The molecule has 1 N–H and O–H groups in total. The number of carboxylic acids is 1. The molecule has 5 nitrogen and oxygen atoms in total. The largest absolute Gasteiger partial charge is 0.494 e. The van der Waals surface area contributed by atoms with E-state index >= 15 is 0 Å². The summed E-state index contributed by atoms with van der Waals surface area (Å²) < 4.78 is 5.41. The number of hydrogen-bond donors (Lipinski definition) is 1. The Morgan fingerprint density at radius 1 is 1.33 bits per heavy atom. The van der Waals surface area contributed by atoms with Crippen molar-refractivity contribution < 1.29 is 14.6 Å². The molecule has 0 fully saturated rings. The summed E-state index contributed by atoms with van der Waals surface area (Å²) in [6.45, 7) is 2.55. The quantitative estimate of drug-likeness (QED) is 0.889. The Morgan fingerprint density at radius 3 is 2.52 bits per heavy atom. The smallest absolute Gasteiger partial charge is 0.308 e. The average Bonchev–Trinajstić information content (AvgIpc) is 2.83. The van der Waals surface area contributed by atoms with Gasteiger partial charge in [0, 0.05) is 24.5 Å². The molecule has 0 unspecified atom stereocenters. The molecule has 0 bridgehead atoms. The number of nitrogens with zero attached hydrogens (tertiary/aromatic N) is 2. The molecular weight excluding hydrogens is 288 g/mol. The Morgan fingerprint density at radius 2 is 2.00 bits per heavy atom. The first-order valence-electron chi connectivity index (χ1n) is 6.63. The third-order valence-corrected chi connectivity index (χ3v) is 4.04. The van der Waals surface area contributed by atoms with Gasteiger partial charge in [0.05, 0.1) is 18.7 Å². The maximum Gasteiger partial charge on any atom is 0.308 e. The molecule has 0 spiro atoms. The second kappa shape index (κ2) is 6.58. The van der Waals surface area contributed by atoms with Gasteiger partial charge in [0.15, 0.2) is 5.13 Å². The van der Waals surface area contributed by atoms with Gasteiger partial charge < -0.3 is 14.7 Å². The maximum atomic E-state index is 11.0. The molecule has 6 heteroatoms. The Balaban J connectivity index is 2.38. The van der Waals surface area contributed by atoms with E-state index in [-0.39, 0.29) is 6.42 Å². The number of benzene rings is 1. The lowest BCUT2D eigenvalue weighted by Gasteiger charge is -2.06. The highest BCUT2D eigenvalue weighted by Crippen LogP contribution is 2.33. The highest BCUT2D eigenvalue weighted by molar-refractivity contribution is 7.16. The number of ether oxygens (including phenoxy) is 1. The van der Waals surface area contributed by atoms with Gasteiger partial charge in [0.2, 0.25) is 0 Å². The lowest BCUT2D eigenvalue weighted by molar-refractivity contribution is -0.136. The number of rotatable bonds is 6. The topological polar surface area (TPSA) is 62.7 Å². The van der Waals surface area contributed by atoms with Crippen molar-refractivity contribution >= 4 is 22.4 Å². The van der Waals surface area contributed by atoms with Crippen LogP contribution in [0.4, 0.5) is 5.13 Å². The van der Waals surface area contributed by atoms with Gasteiger partial charge in [-0.15, -0.1) is 11.3 Å². The fraction of sp³-hybridized carbons (Fsp3) is 0.333. The number of hydrogen-bond acceptors (Lipinski definition) is 5. The Kier molecular flexibility index (Phi) is 4.80. The summed E-state index contributed by atoms with van der Waals surface area (Å²) in [7, 11) is 3.79. The summed E-state index contributed by atoms with van der Waals surface area (Å²) >= 11 is 1.41. The van der Waals surface area contributed by atoms with Gasteiger partial charge in [0.25, 0.3) is 0 Å². The second-order valence-corrected chi connectivity index (χ2v) is 5.75. The number of aliphatic carboxylic acids is 1. The van der Waals surface area contributed by atoms with E-state index in [4.69, 9.17) is 9.84 Å². The predicted molar refractivity (Wildman–Crippen MR) is 84.4 cm³/mol. The van der Waals surface area contributed by atoms with E-state index in [1.807, 2.05) is 50.2 Å². The van der Waals surface area contributed by atoms with E-state index in [9.17, 15) is 4.79 Å². The van der Waals surface area contributed by atoms with Crippen molar-refractivity contribution in [1.29, 1.82) is 0 Å². The molecule has 1 aromatic heterocycles. The van der Waals surface area contributed by atoms with Crippen LogP contribution in [0.15, 0.2) is 24.3 Å². The zero-order valence-electron chi connectivity index (χ0n) is 12.3. The Hall–Kier alpha value is -2.08. The number of aromatic nitrogens is 1. The van der Waals surface area contributed by atoms with Crippen molar-refractivity contribution in [2.45, 2.75) is 13.3 Å². The van der Waals surface area contributed by atoms with E-state index in [1.54, 1.807) is 0 Å². The molecule has 0 aliphatic rings. The molecule has 0 radical (unpaired) electrons. The molecule has 2 aromatic rings. The summed E-state index contributed by atoms with van der Waals surface area (Å²) in [4.78, 5) is 18.2. The van der Waals surface area contributed by atoms with E-state index in [1.165, 1.54) is 11.3 Å². The number of carbonyl (C=O) groups is 1. The van der Waals surface area contributed by atoms with Crippen LogP contribution in [0.2, 0.25) is 0 Å². The highest BCUT2D eigenvalue weighted by Gasteiger charge is 2.16. The molecular formula is C15H18N2O3S. The zero-order valence-corrected chi connectivity index (χ0v) is 13.1. The summed E-state index contributed by atoms with van der Waals surface area (Å²) in [5, 5.41) is 9.85. The fourth-order valence-electron chi connectivity index (χ4n) is 1.89.